The molecule has 0 aromatic heterocycles. The summed E-state index contributed by atoms with van der Waals surface area (Å²) in [5, 5.41) is 14.7. The van der Waals surface area contributed by atoms with Crippen LogP contribution in [0.15, 0.2) is 40.9 Å². The van der Waals surface area contributed by atoms with E-state index >= 15 is 0 Å². The number of hydrogen-bond donors (Lipinski definition) is 3. The van der Waals surface area contributed by atoms with Crippen molar-refractivity contribution >= 4 is 62.4 Å². The summed E-state index contributed by atoms with van der Waals surface area (Å²) in [6, 6.07) is 9.47. The van der Waals surface area contributed by atoms with Crippen molar-refractivity contribution < 1.29 is 14.7 Å². The molecule has 0 fully saturated rings. The van der Waals surface area contributed by atoms with E-state index in [1.54, 1.807) is 31.2 Å². The Hall–Kier alpha value is -1.96. The van der Waals surface area contributed by atoms with Gasteiger partial charge in [0.2, 0.25) is 0 Å². The van der Waals surface area contributed by atoms with Crippen LogP contribution in [0.1, 0.15) is 26.3 Å². The Bertz CT molecular complexity index is 842. The van der Waals surface area contributed by atoms with Crippen LogP contribution >= 0.6 is 39.7 Å². The number of thiocarbonyl (C=S) groups is 1. The Kier molecular flexibility index (Phi) is 5.93. The highest BCUT2D eigenvalue weighted by Gasteiger charge is 2.13. The third kappa shape index (κ3) is 4.53. The fourth-order valence-electron chi connectivity index (χ4n) is 1.93. The molecule has 0 saturated heterocycles. The third-order valence-electron chi connectivity index (χ3n) is 3.12. The molecule has 2 rings (SSSR count). The van der Waals surface area contributed by atoms with Crippen LogP contribution in [0, 0.1) is 6.92 Å². The fourth-order valence-corrected chi connectivity index (χ4v) is 2.70. The molecular weight excluding hydrogens is 416 g/mol. The van der Waals surface area contributed by atoms with Gasteiger partial charge in [-0.05, 0) is 61.1 Å². The minimum atomic E-state index is -1.01. The summed E-state index contributed by atoms with van der Waals surface area (Å²) < 4.78 is 0.719. The van der Waals surface area contributed by atoms with E-state index in [1.807, 2.05) is 0 Å². The maximum atomic E-state index is 12.2. The molecule has 124 valence electrons. The standard InChI is InChI=1S/C16H12BrClN2O3S/c1-8-6-9(15(22)23)2-5-13(8)19-16(24)20-14(21)11-7-10(17)3-4-12(11)18/h2-7H,1H3,(H,22,23)(H2,19,20,21,24). The van der Waals surface area contributed by atoms with Gasteiger partial charge in [-0.3, -0.25) is 10.1 Å². The van der Waals surface area contributed by atoms with Crippen LogP contribution in [0.25, 0.3) is 0 Å². The SMILES string of the molecule is Cc1cc(C(=O)O)ccc1NC(=S)NC(=O)c1cc(Br)ccc1Cl. The Morgan fingerprint density at radius 2 is 1.92 bits per heavy atom. The van der Waals surface area contributed by atoms with Crippen molar-refractivity contribution in [3.05, 3.63) is 62.6 Å². The van der Waals surface area contributed by atoms with Crippen LogP contribution in [0.3, 0.4) is 0 Å². The number of carboxylic acids is 1. The lowest BCUT2D eigenvalue weighted by Crippen LogP contribution is -2.34. The zero-order chi connectivity index (χ0) is 17.9. The maximum absolute atomic E-state index is 12.2. The summed E-state index contributed by atoms with van der Waals surface area (Å²) in [5.41, 5.74) is 1.75. The molecule has 0 saturated carbocycles. The first-order valence-corrected chi connectivity index (χ1v) is 8.27. The zero-order valence-electron chi connectivity index (χ0n) is 12.4. The van der Waals surface area contributed by atoms with E-state index in [4.69, 9.17) is 28.9 Å². The van der Waals surface area contributed by atoms with Crippen molar-refractivity contribution in [1.82, 2.24) is 5.32 Å². The molecule has 0 unspecified atom stereocenters. The molecular formula is C16H12BrClN2O3S. The number of amides is 1. The number of halogens is 2. The van der Waals surface area contributed by atoms with Crippen LogP contribution in [-0.4, -0.2) is 22.1 Å². The van der Waals surface area contributed by atoms with Crippen molar-refractivity contribution in [3.8, 4) is 0 Å². The summed E-state index contributed by atoms with van der Waals surface area (Å²) >= 11 is 14.4. The normalized spacial score (nSPS) is 10.1. The minimum Gasteiger partial charge on any atom is -0.478 e. The number of rotatable bonds is 3. The van der Waals surface area contributed by atoms with E-state index in [2.05, 4.69) is 26.6 Å². The summed E-state index contributed by atoms with van der Waals surface area (Å²) in [6.45, 7) is 1.74. The number of hydrogen-bond acceptors (Lipinski definition) is 3. The van der Waals surface area contributed by atoms with Crippen molar-refractivity contribution in [2.45, 2.75) is 6.92 Å². The van der Waals surface area contributed by atoms with E-state index in [9.17, 15) is 9.59 Å². The lowest BCUT2D eigenvalue weighted by atomic mass is 10.1. The quantitative estimate of drug-likeness (QED) is 0.639. The van der Waals surface area contributed by atoms with Gasteiger partial charge in [-0.25, -0.2) is 4.79 Å². The molecule has 0 bridgehead atoms. The first-order chi connectivity index (χ1) is 11.3. The van der Waals surface area contributed by atoms with Crippen molar-refractivity contribution in [1.29, 1.82) is 0 Å². The molecule has 0 aliphatic carbocycles. The number of aryl methyl sites for hydroxylation is 1. The number of benzene rings is 2. The van der Waals surface area contributed by atoms with Crippen LogP contribution in [0.5, 0.6) is 0 Å². The van der Waals surface area contributed by atoms with Gasteiger partial charge >= 0.3 is 5.97 Å². The van der Waals surface area contributed by atoms with Gasteiger partial charge in [-0.1, -0.05) is 27.5 Å². The van der Waals surface area contributed by atoms with Gasteiger partial charge in [-0.2, -0.15) is 0 Å². The first-order valence-electron chi connectivity index (χ1n) is 6.69. The smallest absolute Gasteiger partial charge is 0.335 e. The molecule has 0 atom stereocenters. The van der Waals surface area contributed by atoms with Gasteiger partial charge < -0.3 is 10.4 Å². The molecule has 0 heterocycles. The number of aromatic carboxylic acids is 1. The summed E-state index contributed by atoms with van der Waals surface area (Å²) in [6.07, 6.45) is 0. The lowest BCUT2D eigenvalue weighted by molar-refractivity contribution is 0.0696. The molecule has 5 nitrogen and oxygen atoms in total. The molecule has 0 aliphatic rings. The van der Waals surface area contributed by atoms with Crippen molar-refractivity contribution in [2.75, 3.05) is 5.32 Å². The number of anilines is 1. The van der Waals surface area contributed by atoms with Crippen molar-refractivity contribution in [3.63, 3.8) is 0 Å². The Labute approximate surface area is 157 Å². The minimum absolute atomic E-state index is 0.0854. The first kappa shape index (κ1) is 18.4. The summed E-state index contributed by atoms with van der Waals surface area (Å²) in [5.74, 6) is -1.46. The molecule has 2 aromatic carbocycles. The fraction of sp³-hybridized carbons (Fsp3) is 0.0625. The number of carbonyl (C=O) groups is 2. The lowest BCUT2D eigenvalue weighted by Gasteiger charge is -2.13. The highest BCUT2D eigenvalue weighted by atomic mass is 79.9. The highest BCUT2D eigenvalue weighted by molar-refractivity contribution is 9.10. The van der Waals surface area contributed by atoms with Gasteiger partial charge in [0, 0.05) is 10.2 Å². The van der Waals surface area contributed by atoms with E-state index in [0.717, 1.165) is 4.47 Å². The Morgan fingerprint density at radius 3 is 2.54 bits per heavy atom. The molecule has 0 radical (unpaired) electrons. The van der Waals surface area contributed by atoms with Crippen molar-refractivity contribution in [2.24, 2.45) is 0 Å². The van der Waals surface area contributed by atoms with Crippen LogP contribution in [0.4, 0.5) is 5.69 Å². The topological polar surface area (TPSA) is 78.4 Å². The Balaban J connectivity index is 2.09. The largest absolute Gasteiger partial charge is 0.478 e. The van der Waals surface area contributed by atoms with Crippen LogP contribution < -0.4 is 10.6 Å². The van der Waals surface area contributed by atoms with E-state index in [0.29, 0.717) is 16.3 Å². The van der Waals surface area contributed by atoms with Gasteiger partial charge in [0.25, 0.3) is 5.91 Å². The van der Waals surface area contributed by atoms with Gasteiger partial charge in [0.05, 0.1) is 16.1 Å². The van der Waals surface area contributed by atoms with E-state index < -0.39 is 11.9 Å². The third-order valence-corrected chi connectivity index (χ3v) is 4.15. The summed E-state index contributed by atoms with van der Waals surface area (Å²) in [7, 11) is 0. The van der Waals surface area contributed by atoms with E-state index in [-0.39, 0.29) is 16.2 Å². The predicted molar refractivity (Wildman–Crippen MR) is 101 cm³/mol. The Morgan fingerprint density at radius 1 is 1.21 bits per heavy atom. The zero-order valence-corrected chi connectivity index (χ0v) is 15.6. The molecule has 1 amide bonds. The van der Waals surface area contributed by atoms with Crippen LogP contribution in [0.2, 0.25) is 5.02 Å². The van der Waals surface area contributed by atoms with Gasteiger partial charge in [0.1, 0.15) is 0 Å². The average Bonchev–Trinajstić information content (AvgIpc) is 2.51. The second-order valence-electron chi connectivity index (χ2n) is 4.87. The molecule has 24 heavy (non-hydrogen) atoms. The molecule has 8 heteroatoms. The summed E-state index contributed by atoms with van der Waals surface area (Å²) in [4.78, 5) is 23.2. The predicted octanol–water partition coefficient (Wildman–Crippen LogP) is 4.24. The number of carbonyl (C=O) groups excluding carboxylic acids is 1. The maximum Gasteiger partial charge on any atom is 0.335 e. The number of carboxylic acid groups (broad SMARTS) is 1. The molecule has 0 aliphatic heterocycles. The van der Waals surface area contributed by atoms with Gasteiger partial charge in [-0.15, -0.1) is 0 Å². The molecule has 3 N–H and O–H groups in total. The second-order valence-corrected chi connectivity index (χ2v) is 6.60. The monoisotopic (exact) mass is 426 g/mol. The van der Waals surface area contributed by atoms with Gasteiger partial charge in [0.15, 0.2) is 5.11 Å². The van der Waals surface area contributed by atoms with Crippen LogP contribution in [-0.2, 0) is 0 Å². The average molecular weight is 428 g/mol. The molecule has 0 spiro atoms. The van der Waals surface area contributed by atoms with E-state index in [1.165, 1.54) is 12.1 Å². The molecule has 2 aromatic rings. The highest BCUT2D eigenvalue weighted by Crippen LogP contribution is 2.21. The second kappa shape index (κ2) is 7.74. The number of nitrogens with one attached hydrogen (secondary N) is 2.